The number of carbonyl (C=O) groups excluding carboxylic acids is 1. The van der Waals surface area contributed by atoms with Gasteiger partial charge in [-0.05, 0) is 48.7 Å². The normalized spacial score (nSPS) is 15.7. The summed E-state index contributed by atoms with van der Waals surface area (Å²) in [5.74, 6) is -0.142. The van der Waals surface area contributed by atoms with Gasteiger partial charge in [-0.15, -0.1) is 0 Å². The van der Waals surface area contributed by atoms with E-state index in [9.17, 15) is 4.79 Å². The van der Waals surface area contributed by atoms with Crippen LogP contribution in [0.1, 0.15) is 48.7 Å². The van der Waals surface area contributed by atoms with Crippen LogP contribution in [0.25, 0.3) is 22.0 Å². The zero-order valence-corrected chi connectivity index (χ0v) is 21.2. The Morgan fingerprint density at radius 1 is 0.971 bits per heavy atom. The molecule has 0 spiro atoms. The molecule has 4 aromatic rings. The molecule has 1 atom stereocenters. The summed E-state index contributed by atoms with van der Waals surface area (Å²) in [5, 5.41) is 8.32. The van der Waals surface area contributed by atoms with Gasteiger partial charge < -0.3 is 0 Å². The Hall–Kier alpha value is -3.50. The second kappa shape index (κ2) is 9.27. The van der Waals surface area contributed by atoms with Crippen molar-refractivity contribution in [2.24, 2.45) is 11.0 Å². The first-order chi connectivity index (χ1) is 16.8. The van der Waals surface area contributed by atoms with E-state index in [4.69, 9.17) is 21.7 Å². The molecule has 1 unspecified atom stereocenters. The average Bonchev–Trinajstić information content (AvgIpc) is 3.28. The van der Waals surface area contributed by atoms with Gasteiger partial charge in [0.1, 0.15) is 0 Å². The van der Waals surface area contributed by atoms with Gasteiger partial charge in [-0.1, -0.05) is 80.0 Å². The van der Waals surface area contributed by atoms with Crippen molar-refractivity contribution in [2.45, 2.75) is 40.2 Å². The Morgan fingerprint density at radius 3 is 2.40 bits per heavy atom. The molecule has 1 amide bonds. The summed E-state index contributed by atoms with van der Waals surface area (Å²) >= 11 is 6.44. The highest BCUT2D eigenvalue weighted by molar-refractivity contribution is 6.31. The Bertz CT molecular complexity index is 1460. The summed E-state index contributed by atoms with van der Waals surface area (Å²) in [5.41, 5.74) is 8.02. The lowest BCUT2D eigenvalue weighted by atomic mass is 9.88. The number of aromatic nitrogens is 1. The molecule has 4 nitrogen and oxygen atoms in total. The zero-order valence-electron chi connectivity index (χ0n) is 20.4. The van der Waals surface area contributed by atoms with Crippen molar-refractivity contribution < 1.29 is 4.79 Å². The molecule has 1 aromatic heterocycles. The lowest BCUT2D eigenvalue weighted by Crippen LogP contribution is -2.30. The SMILES string of the molecule is Cc1ccccc1C1CC(c2c(C)nc3ccc(Cl)cc3c2-c2ccccc2)=NN1C(=O)C(C)C. The molecule has 0 saturated heterocycles. The van der Waals surface area contributed by atoms with E-state index in [1.165, 1.54) is 0 Å². The van der Waals surface area contributed by atoms with Crippen molar-refractivity contribution in [1.29, 1.82) is 0 Å². The molecular formula is C30H28ClN3O. The molecule has 0 bridgehead atoms. The van der Waals surface area contributed by atoms with Gasteiger partial charge in [0.25, 0.3) is 0 Å². The minimum atomic E-state index is -0.159. The smallest absolute Gasteiger partial charge is 0.245 e. The number of pyridine rings is 1. The van der Waals surface area contributed by atoms with Gasteiger partial charge in [0, 0.05) is 39.6 Å². The van der Waals surface area contributed by atoms with E-state index in [1.54, 1.807) is 5.01 Å². The predicted molar refractivity (Wildman–Crippen MR) is 144 cm³/mol. The van der Waals surface area contributed by atoms with Gasteiger partial charge in [-0.25, -0.2) is 5.01 Å². The molecule has 0 aliphatic carbocycles. The first-order valence-electron chi connectivity index (χ1n) is 12.0. The predicted octanol–water partition coefficient (Wildman–Crippen LogP) is 7.51. The molecular weight excluding hydrogens is 454 g/mol. The number of amides is 1. The number of hydrazone groups is 1. The first kappa shape index (κ1) is 23.3. The van der Waals surface area contributed by atoms with Crippen LogP contribution in [0.15, 0.2) is 77.9 Å². The lowest BCUT2D eigenvalue weighted by molar-refractivity contribution is -0.136. The van der Waals surface area contributed by atoms with E-state index >= 15 is 0 Å². The van der Waals surface area contributed by atoms with E-state index in [0.29, 0.717) is 11.4 Å². The molecule has 35 heavy (non-hydrogen) atoms. The lowest BCUT2D eigenvalue weighted by Gasteiger charge is -2.24. The van der Waals surface area contributed by atoms with Crippen LogP contribution in [0.3, 0.4) is 0 Å². The first-order valence-corrected chi connectivity index (χ1v) is 12.3. The maximum Gasteiger partial charge on any atom is 0.245 e. The fourth-order valence-corrected chi connectivity index (χ4v) is 5.12. The standard InChI is InChI=1S/C30H28ClN3O/c1-18(2)30(35)34-27(23-13-9-8-10-19(23)3)17-26(33-34)28-20(4)32-25-15-14-22(31)16-24(25)29(28)21-11-6-5-7-12-21/h5-16,18,27H,17H2,1-4H3. The number of benzene rings is 3. The number of fused-ring (bicyclic) bond motifs is 1. The number of carbonyl (C=O) groups is 1. The minimum Gasteiger partial charge on any atom is -0.273 e. The molecule has 3 aromatic carbocycles. The van der Waals surface area contributed by atoms with E-state index < -0.39 is 0 Å². The maximum absolute atomic E-state index is 13.3. The van der Waals surface area contributed by atoms with Crippen LogP contribution >= 0.6 is 11.6 Å². The quantitative estimate of drug-likeness (QED) is 0.303. The summed E-state index contributed by atoms with van der Waals surface area (Å²) < 4.78 is 0. The van der Waals surface area contributed by atoms with E-state index in [0.717, 1.165) is 50.1 Å². The zero-order chi connectivity index (χ0) is 24.7. The third-order valence-corrected chi connectivity index (χ3v) is 6.89. The van der Waals surface area contributed by atoms with Gasteiger partial charge in [0.15, 0.2) is 0 Å². The average molecular weight is 482 g/mol. The van der Waals surface area contributed by atoms with Crippen LogP contribution in [-0.2, 0) is 4.79 Å². The third kappa shape index (κ3) is 4.23. The van der Waals surface area contributed by atoms with Crippen molar-refractivity contribution >= 4 is 34.1 Å². The molecule has 1 aliphatic heterocycles. The van der Waals surface area contributed by atoms with Gasteiger partial charge in [0.05, 0.1) is 17.3 Å². The third-order valence-electron chi connectivity index (χ3n) is 6.66. The van der Waals surface area contributed by atoms with Crippen molar-refractivity contribution in [3.05, 3.63) is 100 Å². The van der Waals surface area contributed by atoms with E-state index in [2.05, 4.69) is 31.2 Å². The molecule has 5 heteroatoms. The second-order valence-corrected chi connectivity index (χ2v) is 9.87. The highest BCUT2D eigenvalue weighted by Crippen LogP contribution is 2.40. The van der Waals surface area contributed by atoms with Gasteiger partial charge in [0.2, 0.25) is 5.91 Å². The topological polar surface area (TPSA) is 45.6 Å². The van der Waals surface area contributed by atoms with E-state index in [1.807, 2.05) is 69.3 Å². The second-order valence-electron chi connectivity index (χ2n) is 9.44. The highest BCUT2D eigenvalue weighted by atomic mass is 35.5. The monoisotopic (exact) mass is 481 g/mol. The van der Waals surface area contributed by atoms with Crippen LogP contribution in [0.2, 0.25) is 5.02 Å². The van der Waals surface area contributed by atoms with Gasteiger partial charge in [-0.2, -0.15) is 5.10 Å². The van der Waals surface area contributed by atoms with Crippen LogP contribution in [0.4, 0.5) is 0 Å². The number of halogens is 1. The Balaban J connectivity index is 1.75. The van der Waals surface area contributed by atoms with E-state index in [-0.39, 0.29) is 17.9 Å². The summed E-state index contributed by atoms with van der Waals surface area (Å²) in [6.07, 6.45) is 0.623. The van der Waals surface area contributed by atoms with Crippen molar-refractivity contribution in [3.8, 4) is 11.1 Å². The fourth-order valence-electron chi connectivity index (χ4n) is 4.95. The van der Waals surface area contributed by atoms with Gasteiger partial charge in [-0.3, -0.25) is 9.78 Å². The summed E-state index contributed by atoms with van der Waals surface area (Å²) in [7, 11) is 0. The van der Waals surface area contributed by atoms with Crippen LogP contribution < -0.4 is 0 Å². The van der Waals surface area contributed by atoms with Crippen LogP contribution in [0.5, 0.6) is 0 Å². The molecule has 176 valence electrons. The molecule has 0 fully saturated rings. The largest absolute Gasteiger partial charge is 0.273 e. The fraction of sp³-hybridized carbons (Fsp3) is 0.233. The Morgan fingerprint density at radius 2 is 1.69 bits per heavy atom. The van der Waals surface area contributed by atoms with Crippen LogP contribution in [-0.4, -0.2) is 21.6 Å². The number of aryl methyl sites for hydroxylation is 2. The molecule has 0 saturated carbocycles. The molecule has 2 heterocycles. The Labute approximate surface area is 211 Å². The minimum absolute atomic E-state index is 0.0176. The molecule has 0 radical (unpaired) electrons. The maximum atomic E-state index is 13.3. The highest BCUT2D eigenvalue weighted by Gasteiger charge is 2.36. The van der Waals surface area contributed by atoms with Crippen molar-refractivity contribution in [3.63, 3.8) is 0 Å². The molecule has 5 rings (SSSR count). The van der Waals surface area contributed by atoms with Crippen LogP contribution in [0, 0.1) is 19.8 Å². The number of rotatable bonds is 4. The summed E-state index contributed by atoms with van der Waals surface area (Å²) in [6.45, 7) is 7.95. The van der Waals surface area contributed by atoms with Crippen molar-refractivity contribution in [2.75, 3.05) is 0 Å². The van der Waals surface area contributed by atoms with Gasteiger partial charge >= 0.3 is 0 Å². The Kier molecular flexibility index (Phi) is 6.16. The summed E-state index contributed by atoms with van der Waals surface area (Å²) in [6, 6.07) is 24.2. The number of nitrogens with zero attached hydrogens (tertiary/aromatic N) is 3. The number of hydrogen-bond acceptors (Lipinski definition) is 3. The number of hydrogen-bond donors (Lipinski definition) is 0. The van der Waals surface area contributed by atoms with Crippen molar-refractivity contribution in [1.82, 2.24) is 9.99 Å². The summed E-state index contributed by atoms with van der Waals surface area (Å²) in [4.78, 5) is 18.2. The molecule has 1 aliphatic rings. The molecule has 0 N–H and O–H groups in total.